The predicted molar refractivity (Wildman–Crippen MR) is 95.5 cm³/mol. The maximum absolute atomic E-state index is 12.3. The predicted octanol–water partition coefficient (Wildman–Crippen LogP) is 2.98. The molecule has 0 fully saturated rings. The van der Waals surface area contributed by atoms with Gasteiger partial charge < -0.3 is 14.8 Å². The van der Waals surface area contributed by atoms with Crippen molar-refractivity contribution in [2.45, 2.75) is 6.92 Å². The molecule has 25 heavy (non-hydrogen) atoms. The number of benzene rings is 2. The minimum Gasteiger partial charge on any atom is -0.497 e. The van der Waals surface area contributed by atoms with Crippen LogP contribution in [0.3, 0.4) is 0 Å². The molecule has 0 unspecified atom stereocenters. The van der Waals surface area contributed by atoms with Crippen molar-refractivity contribution in [3.63, 3.8) is 0 Å². The highest BCUT2D eigenvalue weighted by atomic mass is 16.5. The van der Waals surface area contributed by atoms with Crippen LogP contribution in [0.2, 0.25) is 0 Å². The van der Waals surface area contributed by atoms with E-state index in [1.165, 1.54) is 0 Å². The minimum absolute atomic E-state index is 0.242. The molecule has 0 amide bonds. The molecule has 0 atom stereocenters. The zero-order valence-electron chi connectivity index (χ0n) is 13.9. The normalized spacial score (nSPS) is 10.3. The summed E-state index contributed by atoms with van der Waals surface area (Å²) in [7, 11) is 1.59. The van der Waals surface area contributed by atoms with Crippen molar-refractivity contribution in [1.29, 1.82) is 0 Å². The van der Waals surface area contributed by atoms with Crippen LogP contribution in [0.15, 0.2) is 53.3 Å². The summed E-state index contributed by atoms with van der Waals surface area (Å²) >= 11 is 0. The number of nitrogens with one attached hydrogen (secondary N) is 2. The van der Waals surface area contributed by atoms with E-state index in [1.807, 2.05) is 31.2 Å². The lowest BCUT2D eigenvalue weighted by Gasteiger charge is -2.11. The van der Waals surface area contributed by atoms with E-state index in [9.17, 15) is 4.79 Å². The number of anilines is 2. The molecule has 3 rings (SSSR count). The van der Waals surface area contributed by atoms with Gasteiger partial charge in [0, 0.05) is 5.56 Å². The molecule has 2 N–H and O–H groups in total. The monoisotopic (exact) mass is 338 g/mol. The van der Waals surface area contributed by atoms with Gasteiger partial charge in [0.25, 0.3) is 5.56 Å². The molecule has 0 aliphatic carbocycles. The van der Waals surface area contributed by atoms with Crippen molar-refractivity contribution in [3.8, 4) is 22.8 Å². The van der Waals surface area contributed by atoms with Gasteiger partial charge >= 0.3 is 0 Å². The average molecular weight is 338 g/mol. The van der Waals surface area contributed by atoms with Crippen molar-refractivity contribution in [2.75, 3.05) is 19.0 Å². The first kappa shape index (κ1) is 16.5. The summed E-state index contributed by atoms with van der Waals surface area (Å²) in [6, 6.07) is 14.5. The van der Waals surface area contributed by atoms with Gasteiger partial charge in [0.15, 0.2) is 5.69 Å². The Morgan fingerprint density at radius 3 is 2.52 bits per heavy atom. The van der Waals surface area contributed by atoms with Crippen molar-refractivity contribution < 1.29 is 9.47 Å². The SMILES string of the molecule is CCOc1ccccc1Nc1nnc(-c2ccc(OC)cc2)c(=O)[nH]1. The number of hydrogen-bond donors (Lipinski definition) is 2. The highest BCUT2D eigenvalue weighted by Gasteiger charge is 2.09. The summed E-state index contributed by atoms with van der Waals surface area (Å²) in [5, 5.41) is 11.1. The molecular weight excluding hydrogens is 320 g/mol. The smallest absolute Gasteiger partial charge is 0.279 e. The van der Waals surface area contributed by atoms with Gasteiger partial charge in [-0.15, -0.1) is 10.2 Å². The standard InChI is InChI=1S/C18H18N4O3/c1-3-25-15-7-5-4-6-14(15)19-18-20-17(23)16(21-22-18)12-8-10-13(24-2)11-9-12/h4-11H,3H2,1-2H3,(H2,19,20,22,23). The lowest BCUT2D eigenvalue weighted by Crippen LogP contribution is -2.15. The lowest BCUT2D eigenvalue weighted by molar-refractivity contribution is 0.342. The van der Waals surface area contributed by atoms with Crippen LogP contribution < -0.4 is 20.3 Å². The summed E-state index contributed by atoms with van der Waals surface area (Å²) in [5.41, 5.74) is 1.27. The Labute approximate surface area is 144 Å². The summed E-state index contributed by atoms with van der Waals surface area (Å²) in [4.78, 5) is 15.0. The second-order valence-electron chi connectivity index (χ2n) is 5.13. The Hall–Kier alpha value is -3.35. The van der Waals surface area contributed by atoms with E-state index in [-0.39, 0.29) is 17.2 Å². The molecule has 0 saturated heterocycles. The van der Waals surface area contributed by atoms with E-state index < -0.39 is 0 Å². The Bertz CT molecular complexity index is 907. The van der Waals surface area contributed by atoms with Crippen LogP contribution in [0.4, 0.5) is 11.6 Å². The number of aromatic nitrogens is 3. The van der Waals surface area contributed by atoms with Gasteiger partial charge in [-0.1, -0.05) is 12.1 Å². The van der Waals surface area contributed by atoms with Crippen molar-refractivity contribution in [1.82, 2.24) is 15.2 Å². The topological polar surface area (TPSA) is 89.1 Å². The lowest BCUT2D eigenvalue weighted by atomic mass is 10.1. The van der Waals surface area contributed by atoms with Gasteiger partial charge in [-0.05, 0) is 43.3 Å². The van der Waals surface area contributed by atoms with Crippen LogP contribution in [0.1, 0.15) is 6.92 Å². The number of aromatic amines is 1. The van der Waals surface area contributed by atoms with Crippen LogP contribution in [0, 0.1) is 0 Å². The largest absolute Gasteiger partial charge is 0.497 e. The molecule has 7 heteroatoms. The maximum Gasteiger partial charge on any atom is 0.279 e. The van der Waals surface area contributed by atoms with Crippen LogP contribution >= 0.6 is 0 Å². The number of nitrogens with zero attached hydrogens (tertiary/aromatic N) is 2. The first-order valence-corrected chi connectivity index (χ1v) is 7.81. The molecule has 2 aromatic carbocycles. The molecule has 0 aliphatic rings. The summed E-state index contributed by atoms with van der Waals surface area (Å²) in [5.74, 6) is 1.63. The Morgan fingerprint density at radius 1 is 1.08 bits per heavy atom. The third kappa shape index (κ3) is 3.77. The summed E-state index contributed by atoms with van der Waals surface area (Å²) in [6.07, 6.45) is 0. The second kappa shape index (κ2) is 7.48. The van der Waals surface area contributed by atoms with Crippen LogP contribution in [0.5, 0.6) is 11.5 Å². The number of H-pyrrole nitrogens is 1. The van der Waals surface area contributed by atoms with Gasteiger partial charge in [-0.25, -0.2) is 0 Å². The molecule has 7 nitrogen and oxygen atoms in total. The van der Waals surface area contributed by atoms with Gasteiger partial charge in [0.2, 0.25) is 5.95 Å². The molecule has 3 aromatic rings. The molecule has 0 bridgehead atoms. The van der Waals surface area contributed by atoms with Crippen molar-refractivity contribution in [2.24, 2.45) is 0 Å². The zero-order valence-corrected chi connectivity index (χ0v) is 13.9. The van der Waals surface area contributed by atoms with E-state index >= 15 is 0 Å². The van der Waals surface area contributed by atoms with Crippen LogP contribution in [0.25, 0.3) is 11.3 Å². The second-order valence-corrected chi connectivity index (χ2v) is 5.13. The molecule has 0 saturated carbocycles. The minimum atomic E-state index is -0.337. The highest BCUT2D eigenvalue weighted by Crippen LogP contribution is 2.25. The number of hydrogen-bond acceptors (Lipinski definition) is 6. The van der Waals surface area contributed by atoms with E-state index in [0.717, 1.165) is 0 Å². The molecule has 0 aliphatic heterocycles. The fourth-order valence-corrected chi connectivity index (χ4v) is 2.31. The third-order valence-corrected chi connectivity index (χ3v) is 3.50. The average Bonchev–Trinajstić information content (AvgIpc) is 2.64. The van der Waals surface area contributed by atoms with Gasteiger partial charge in [-0.3, -0.25) is 9.78 Å². The number of rotatable bonds is 6. The quantitative estimate of drug-likeness (QED) is 0.718. The zero-order chi connectivity index (χ0) is 17.6. The van der Waals surface area contributed by atoms with Gasteiger partial charge in [-0.2, -0.15) is 0 Å². The fraction of sp³-hybridized carbons (Fsp3) is 0.167. The maximum atomic E-state index is 12.3. The fourth-order valence-electron chi connectivity index (χ4n) is 2.31. The Kier molecular flexibility index (Phi) is 4.94. The first-order valence-electron chi connectivity index (χ1n) is 7.81. The number of para-hydroxylation sites is 2. The highest BCUT2D eigenvalue weighted by molar-refractivity contribution is 5.63. The van der Waals surface area contributed by atoms with E-state index in [1.54, 1.807) is 31.4 Å². The van der Waals surface area contributed by atoms with Gasteiger partial charge in [0.1, 0.15) is 11.5 Å². The number of ether oxygens (including phenoxy) is 2. The van der Waals surface area contributed by atoms with E-state index in [0.29, 0.717) is 29.4 Å². The molecule has 0 radical (unpaired) electrons. The Morgan fingerprint density at radius 2 is 1.84 bits per heavy atom. The number of methoxy groups -OCH3 is 1. The first-order chi connectivity index (χ1) is 12.2. The van der Waals surface area contributed by atoms with E-state index in [2.05, 4.69) is 20.5 Å². The Balaban J connectivity index is 1.86. The summed E-state index contributed by atoms with van der Waals surface area (Å²) in [6.45, 7) is 2.44. The van der Waals surface area contributed by atoms with E-state index in [4.69, 9.17) is 9.47 Å². The molecule has 128 valence electrons. The summed E-state index contributed by atoms with van der Waals surface area (Å²) < 4.78 is 10.6. The van der Waals surface area contributed by atoms with Crippen molar-refractivity contribution in [3.05, 3.63) is 58.9 Å². The molecule has 1 heterocycles. The van der Waals surface area contributed by atoms with Crippen LogP contribution in [-0.2, 0) is 0 Å². The van der Waals surface area contributed by atoms with Crippen molar-refractivity contribution >= 4 is 11.6 Å². The third-order valence-electron chi connectivity index (χ3n) is 3.50. The van der Waals surface area contributed by atoms with Crippen LogP contribution in [-0.4, -0.2) is 28.9 Å². The molecular formula is C18H18N4O3. The molecule has 1 aromatic heterocycles. The molecule has 0 spiro atoms. The van der Waals surface area contributed by atoms with Gasteiger partial charge in [0.05, 0.1) is 19.4 Å².